The van der Waals surface area contributed by atoms with Crippen molar-refractivity contribution in [3.8, 4) is 5.69 Å². The Morgan fingerprint density at radius 1 is 1.06 bits per heavy atom. The molecule has 8 nitrogen and oxygen atoms in total. The molecule has 32 heavy (non-hydrogen) atoms. The molecule has 162 valence electrons. The number of fused-ring (bicyclic) bond motifs is 1. The molecule has 1 N–H and O–H groups in total. The summed E-state index contributed by atoms with van der Waals surface area (Å²) in [4.78, 5) is 54.9. The van der Waals surface area contributed by atoms with E-state index in [4.69, 9.17) is 0 Å². The Balaban J connectivity index is 1.76. The van der Waals surface area contributed by atoms with Crippen LogP contribution in [0.2, 0.25) is 0 Å². The third-order valence-electron chi connectivity index (χ3n) is 4.73. The Bertz CT molecular complexity index is 1440. The number of nitrogens with one attached hydrogen (secondary N) is 1. The standard InChI is InChI=1S/C22H18N4O4S2/c1-13(27)14-8-10-15(11-9-14)23-17(28)12-25-19-18(32-21(24-19)31-2)20(29)26(22(25)30)16-6-4-3-5-7-16/h3-11H,12H2,1-2H3,(H,23,28). The predicted octanol–water partition coefficient (Wildman–Crippen LogP) is 3.17. The zero-order valence-corrected chi connectivity index (χ0v) is 18.8. The van der Waals surface area contributed by atoms with E-state index in [9.17, 15) is 19.2 Å². The van der Waals surface area contributed by atoms with Crippen LogP contribution in [0.4, 0.5) is 5.69 Å². The third kappa shape index (κ3) is 4.14. The van der Waals surface area contributed by atoms with Crippen LogP contribution in [0.3, 0.4) is 0 Å². The number of amides is 1. The maximum atomic E-state index is 13.3. The van der Waals surface area contributed by atoms with E-state index in [1.54, 1.807) is 54.6 Å². The number of hydrogen-bond donors (Lipinski definition) is 1. The number of anilines is 1. The Morgan fingerprint density at radius 2 is 1.75 bits per heavy atom. The van der Waals surface area contributed by atoms with Crippen molar-refractivity contribution >= 4 is 50.8 Å². The molecule has 1 amide bonds. The van der Waals surface area contributed by atoms with Gasteiger partial charge in [-0.3, -0.25) is 19.0 Å². The molecule has 0 bridgehead atoms. The minimum atomic E-state index is -0.645. The highest BCUT2D eigenvalue weighted by atomic mass is 32.2. The fraction of sp³-hybridized carbons (Fsp3) is 0.136. The number of aromatic nitrogens is 3. The molecule has 0 fully saturated rings. The van der Waals surface area contributed by atoms with Crippen molar-refractivity contribution < 1.29 is 9.59 Å². The highest BCUT2D eigenvalue weighted by Crippen LogP contribution is 2.25. The number of para-hydroxylation sites is 1. The van der Waals surface area contributed by atoms with Crippen LogP contribution in [-0.4, -0.2) is 32.1 Å². The zero-order chi connectivity index (χ0) is 22.8. The van der Waals surface area contributed by atoms with Crippen LogP contribution < -0.4 is 16.6 Å². The molecule has 0 atom stereocenters. The van der Waals surface area contributed by atoms with Gasteiger partial charge in [-0.15, -0.1) is 11.3 Å². The average molecular weight is 467 g/mol. The number of thioether (sulfide) groups is 1. The molecule has 10 heteroatoms. The van der Waals surface area contributed by atoms with Gasteiger partial charge in [-0.1, -0.05) is 30.0 Å². The highest BCUT2D eigenvalue weighted by Gasteiger charge is 2.20. The zero-order valence-electron chi connectivity index (χ0n) is 17.2. The van der Waals surface area contributed by atoms with Gasteiger partial charge in [-0.05, 0) is 49.6 Å². The Morgan fingerprint density at radius 3 is 2.38 bits per heavy atom. The number of benzene rings is 2. The lowest BCUT2D eigenvalue weighted by molar-refractivity contribution is -0.116. The molecule has 2 aromatic heterocycles. The molecular weight excluding hydrogens is 448 g/mol. The van der Waals surface area contributed by atoms with Gasteiger partial charge in [0.15, 0.2) is 15.8 Å². The van der Waals surface area contributed by atoms with E-state index < -0.39 is 17.2 Å². The summed E-state index contributed by atoms with van der Waals surface area (Å²) in [6, 6.07) is 15.0. The number of nitrogens with zero attached hydrogens (tertiary/aromatic N) is 3. The lowest BCUT2D eigenvalue weighted by Gasteiger charge is -2.12. The first-order chi connectivity index (χ1) is 15.4. The summed E-state index contributed by atoms with van der Waals surface area (Å²) in [5.74, 6) is -0.533. The molecule has 2 heterocycles. The summed E-state index contributed by atoms with van der Waals surface area (Å²) in [6.07, 6.45) is 1.83. The molecule has 0 spiro atoms. The lowest BCUT2D eigenvalue weighted by Crippen LogP contribution is -2.40. The summed E-state index contributed by atoms with van der Waals surface area (Å²) in [6.45, 7) is 1.14. The molecule has 0 aliphatic carbocycles. The number of ketones is 1. The van der Waals surface area contributed by atoms with Gasteiger partial charge >= 0.3 is 5.69 Å². The number of thiazole rings is 1. The van der Waals surface area contributed by atoms with Gasteiger partial charge in [-0.2, -0.15) is 0 Å². The first-order valence-electron chi connectivity index (χ1n) is 9.55. The van der Waals surface area contributed by atoms with E-state index in [2.05, 4.69) is 10.3 Å². The van der Waals surface area contributed by atoms with E-state index in [1.165, 1.54) is 34.6 Å². The van der Waals surface area contributed by atoms with Gasteiger partial charge in [-0.25, -0.2) is 14.3 Å². The van der Waals surface area contributed by atoms with Crippen LogP contribution in [0.5, 0.6) is 0 Å². The normalized spacial score (nSPS) is 10.9. The predicted molar refractivity (Wildman–Crippen MR) is 126 cm³/mol. The van der Waals surface area contributed by atoms with Gasteiger partial charge < -0.3 is 5.32 Å². The Hall–Kier alpha value is -3.50. The second kappa shape index (κ2) is 8.93. The number of hydrogen-bond acceptors (Lipinski definition) is 7. The van der Waals surface area contributed by atoms with Crippen LogP contribution in [0.15, 0.2) is 68.5 Å². The van der Waals surface area contributed by atoms with Gasteiger partial charge in [0.25, 0.3) is 5.56 Å². The molecule has 2 aromatic carbocycles. The second-order valence-electron chi connectivity index (χ2n) is 6.86. The SMILES string of the molecule is CSc1nc2c(s1)c(=O)n(-c1ccccc1)c(=O)n2CC(=O)Nc1ccc(C(C)=O)cc1. The van der Waals surface area contributed by atoms with Crippen molar-refractivity contribution in [2.45, 2.75) is 17.8 Å². The van der Waals surface area contributed by atoms with Crippen molar-refractivity contribution in [3.63, 3.8) is 0 Å². The summed E-state index contributed by atoms with van der Waals surface area (Å²) in [7, 11) is 0. The molecule has 0 saturated heterocycles. The van der Waals surface area contributed by atoms with Crippen LogP contribution in [0, 0.1) is 0 Å². The van der Waals surface area contributed by atoms with E-state index >= 15 is 0 Å². The van der Waals surface area contributed by atoms with Gasteiger partial charge in [0.2, 0.25) is 5.91 Å². The monoisotopic (exact) mass is 466 g/mol. The van der Waals surface area contributed by atoms with Crippen molar-refractivity contribution in [3.05, 3.63) is 81.0 Å². The molecule has 0 saturated carbocycles. The fourth-order valence-corrected chi connectivity index (χ4v) is 4.68. The average Bonchev–Trinajstić information content (AvgIpc) is 3.23. The maximum Gasteiger partial charge on any atom is 0.337 e. The Labute approximate surface area is 190 Å². The lowest BCUT2D eigenvalue weighted by atomic mass is 10.1. The Kier molecular flexibility index (Phi) is 6.06. The molecule has 0 aliphatic rings. The molecule has 4 aromatic rings. The van der Waals surface area contributed by atoms with E-state index in [-0.39, 0.29) is 18.0 Å². The van der Waals surface area contributed by atoms with Crippen LogP contribution in [0.25, 0.3) is 16.0 Å². The highest BCUT2D eigenvalue weighted by molar-refractivity contribution is 8.00. The summed E-state index contributed by atoms with van der Waals surface area (Å²) >= 11 is 2.55. The maximum absolute atomic E-state index is 13.3. The fourth-order valence-electron chi connectivity index (χ4n) is 3.18. The number of carbonyl (C=O) groups is 2. The molecule has 0 aliphatic heterocycles. The van der Waals surface area contributed by atoms with Crippen LogP contribution >= 0.6 is 23.1 Å². The summed E-state index contributed by atoms with van der Waals surface area (Å²) < 4.78 is 3.19. The van der Waals surface area contributed by atoms with Gasteiger partial charge in [0.05, 0.1) is 5.69 Å². The van der Waals surface area contributed by atoms with Crippen molar-refractivity contribution in [1.29, 1.82) is 0 Å². The number of carbonyl (C=O) groups excluding carboxylic acids is 2. The second-order valence-corrected chi connectivity index (χ2v) is 8.92. The van der Waals surface area contributed by atoms with Crippen molar-refractivity contribution in [1.82, 2.24) is 14.1 Å². The van der Waals surface area contributed by atoms with E-state index in [0.717, 1.165) is 4.57 Å². The largest absolute Gasteiger partial charge is 0.337 e. The van der Waals surface area contributed by atoms with E-state index in [1.807, 2.05) is 6.26 Å². The number of rotatable bonds is 6. The molecule has 4 rings (SSSR count). The van der Waals surface area contributed by atoms with Crippen LogP contribution in [-0.2, 0) is 11.3 Å². The minimum absolute atomic E-state index is 0.0758. The van der Waals surface area contributed by atoms with Gasteiger partial charge in [0.1, 0.15) is 11.2 Å². The van der Waals surface area contributed by atoms with E-state index in [0.29, 0.717) is 26.0 Å². The first kappa shape index (κ1) is 21.7. The number of Topliss-reactive ketones (excluding diaryl/α,β-unsaturated/α-hetero) is 1. The minimum Gasteiger partial charge on any atom is -0.325 e. The summed E-state index contributed by atoms with van der Waals surface area (Å²) in [5, 5.41) is 2.72. The quantitative estimate of drug-likeness (QED) is 0.346. The summed E-state index contributed by atoms with van der Waals surface area (Å²) in [5.41, 5.74) is 0.506. The smallest absolute Gasteiger partial charge is 0.325 e. The molecular formula is C22H18N4O4S2. The topological polar surface area (TPSA) is 103 Å². The molecule has 0 radical (unpaired) electrons. The molecule has 0 unspecified atom stereocenters. The van der Waals surface area contributed by atoms with Crippen molar-refractivity contribution in [2.75, 3.05) is 11.6 Å². The van der Waals surface area contributed by atoms with Gasteiger partial charge in [0, 0.05) is 11.3 Å². The third-order valence-corrected chi connectivity index (χ3v) is 6.75. The van der Waals surface area contributed by atoms with Crippen molar-refractivity contribution in [2.24, 2.45) is 0 Å². The first-order valence-corrected chi connectivity index (χ1v) is 11.6. The van der Waals surface area contributed by atoms with Crippen LogP contribution in [0.1, 0.15) is 17.3 Å².